The first-order valence-electron chi connectivity index (χ1n) is 16.6. The number of aromatic amines is 1. The number of phosphoric ester groups is 1. The number of hydrogen-bond donors (Lipinski definition) is 7. The van der Waals surface area contributed by atoms with E-state index in [4.69, 9.17) is 36.0 Å². The summed E-state index contributed by atoms with van der Waals surface area (Å²) in [6, 6.07) is 15.3. The molecule has 3 aromatic rings. The number of alkyl carbamates (subject to hydrolysis) is 1. The van der Waals surface area contributed by atoms with Crippen molar-refractivity contribution in [3.8, 4) is 11.1 Å². The number of hydrogen-bond acceptors (Lipinski definition) is 12. The van der Waals surface area contributed by atoms with Crippen molar-refractivity contribution in [2.24, 2.45) is 0 Å². The highest BCUT2D eigenvalue weighted by molar-refractivity contribution is 7.80. The van der Waals surface area contributed by atoms with Crippen LogP contribution in [0.3, 0.4) is 0 Å². The van der Waals surface area contributed by atoms with Gasteiger partial charge in [0.05, 0.1) is 17.6 Å². The molecule has 5 rings (SSSR count). The van der Waals surface area contributed by atoms with Gasteiger partial charge in [0, 0.05) is 30.6 Å². The minimum atomic E-state index is -5.76. The Kier molecular flexibility index (Phi) is 13.6. The van der Waals surface area contributed by atoms with Crippen molar-refractivity contribution in [3.63, 3.8) is 0 Å². The highest BCUT2D eigenvalue weighted by atomic mass is 32.1. The fourth-order valence-corrected chi connectivity index (χ4v) is 9.51. The third kappa shape index (κ3) is 11.4. The average molecular weight is 833 g/mol. The smallest absolute Gasteiger partial charge is 0.449 e. The van der Waals surface area contributed by atoms with Crippen molar-refractivity contribution in [1.82, 2.24) is 20.2 Å². The molecular weight excluding hydrogens is 793 g/mol. The molecule has 23 heteroatoms. The Balaban J connectivity index is 1.08. The number of H-pyrrole nitrogens is 1. The maximum atomic E-state index is 12.5. The lowest BCUT2D eigenvalue weighted by Crippen LogP contribution is -2.41. The van der Waals surface area contributed by atoms with E-state index in [0.717, 1.165) is 26.8 Å². The first-order valence-corrected chi connectivity index (χ1v) is 21.5. The third-order valence-corrected chi connectivity index (χ3v) is 12.7. The molecule has 0 radical (unpaired) electrons. The standard InChI is InChI=1S/C31H39N4O15P3S/c1-19-16-35(30(37)34-29(19)36)28-15-25(26(48-28)18-47-52(42,43)50-53(44,45)49-51(39,40)41)33-27(54)13-3-2-8-14-32-31(38)46-17-24-22-11-6-4-9-20(22)21-10-5-7-12-23(21)24/h4-7,9-12,16,24-26,28H,2-3,8,13-15,17-18H2,1H3,(H,32,38)(H,33,54)(H,42,43)(H,44,45)(H,34,36,37)(H2,39,40,41)/t25-,26+,28+/m0/s1. The van der Waals surface area contributed by atoms with Crippen molar-refractivity contribution in [3.05, 3.63) is 92.3 Å². The highest BCUT2D eigenvalue weighted by Gasteiger charge is 2.43. The van der Waals surface area contributed by atoms with E-state index < -0.39 is 65.8 Å². The van der Waals surface area contributed by atoms with Gasteiger partial charge >= 0.3 is 35.3 Å². The summed E-state index contributed by atoms with van der Waals surface area (Å²) >= 11 is 5.50. The molecule has 0 saturated carbocycles. The van der Waals surface area contributed by atoms with Crippen LogP contribution < -0.4 is 21.9 Å². The Bertz CT molecular complexity index is 2080. The summed E-state index contributed by atoms with van der Waals surface area (Å²) in [5.41, 5.74) is 3.28. The van der Waals surface area contributed by atoms with E-state index in [1.165, 1.54) is 13.1 Å². The maximum Gasteiger partial charge on any atom is 0.490 e. The molecule has 0 spiro atoms. The molecular formula is C31H39N4O15P3S. The molecule has 2 heterocycles. The second-order valence-electron chi connectivity index (χ2n) is 12.5. The Morgan fingerprint density at radius 3 is 2.24 bits per heavy atom. The quantitative estimate of drug-likeness (QED) is 0.0578. The fourth-order valence-electron chi connectivity index (χ4n) is 6.18. The van der Waals surface area contributed by atoms with Crippen LogP contribution in [0.2, 0.25) is 0 Å². The van der Waals surface area contributed by atoms with Gasteiger partial charge in [0.25, 0.3) is 5.56 Å². The molecule has 7 N–H and O–H groups in total. The number of carbonyl (C=O) groups excluding carboxylic acids is 1. The SMILES string of the molecule is Cc1cn([C@H]2C[C@H](NC(=S)CCCCCNC(=O)OCC3c4ccccc4-c4ccccc43)[C@@H](COP(=O)(O)OP(=O)(O)OP(=O)(O)O)O2)c(=O)[nH]c1=O. The fraction of sp³-hybridized carbons (Fsp3) is 0.419. The van der Waals surface area contributed by atoms with Crippen LogP contribution in [0.15, 0.2) is 64.3 Å². The van der Waals surface area contributed by atoms with Gasteiger partial charge < -0.3 is 39.7 Å². The summed E-state index contributed by atoms with van der Waals surface area (Å²) < 4.78 is 59.9. The molecule has 1 fully saturated rings. The monoisotopic (exact) mass is 832 g/mol. The van der Waals surface area contributed by atoms with Gasteiger partial charge in [-0.3, -0.25) is 18.9 Å². The van der Waals surface area contributed by atoms with Crippen LogP contribution in [0.1, 0.15) is 60.9 Å². The Morgan fingerprint density at radius 2 is 1.59 bits per heavy atom. The number of phosphoric acid groups is 3. The van der Waals surface area contributed by atoms with Crippen LogP contribution in [0.4, 0.5) is 4.79 Å². The van der Waals surface area contributed by atoms with E-state index in [2.05, 4.69) is 36.4 Å². The molecule has 54 heavy (non-hydrogen) atoms. The van der Waals surface area contributed by atoms with Crippen molar-refractivity contribution < 1.29 is 60.7 Å². The van der Waals surface area contributed by atoms with E-state index in [9.17, 15) is 37.9 Å². The summed E-state index contributed by atoms with van der Waals surface area (Å²) in [5, 5.41) is 5.83. The number of fused-ring (bicyclic) bond motifs is 3. The predicted octanol–water partition coefficient (Wildman–Crippen LogP) is 3.86. The predicted molar refractivity (Wildman–Crippen MR) is 195 cm³/mol. The second-order valence-corrected chi connectivity index (χ2v) is 17.4. The molecule has 19 nitrogen and oxygen atoms in total. The van der Waals surface area contributed by atoms with Crippen LogP contribution >= 0.6 is 35.7 Å². The van der Waals surface area contributed by atoms with Gasteiger partial charge in [-0.1, -0.05) is 67.2 Å². The molecule has 1 aliphatic heterocycles. The highest BCUT2D eigenvalue weighted by Crippen LogP contribution is 2.66. The zero-order chi connectivity index (χ0) is 39.3. The van der Waals surface area contributed by atoms with Crippen LogP contribution in [-0.2, 0) is 36.3 Å². The third-order valence-electron chi connectivity index (χ3n) is 8.55. The summed E-state index contributed by atoms with van der Waals surface area (Å²) in [7, 11) is -16.8. The van der Waals surface area contributed by atoms with Gasteiger partial charge in [-0.15, -0.1) is 0 Å². The van der Waals surface area contributed by atoms with Gasteiger partial charge in [-0.05, 0) is 48.4 Å². The Morgan fingerprint density at radius 1 is 0.944 bits per heavy atom. The van der Waals surface area contributed by atoms with Crippen molar-refractivity contribution in [2.45, 2.75) is 63.3 Å². The number of thiocarbonyl (C=S) groups is 1. The minimum absolute atomic E-state index is 0.0417. The maximum absolute atomic E-state index is 12.5. The lowest BCUT2D eigenvalue weighted by molar-refractivity contribution is -0.0277. The summed E-state index contributed by atoms with van der Waals surface area (Å²) in [6.45, 7) is 1.24. The number of amides is 1. The van der Waals surface area contributed by atoms with E-state index in [1.54, 1.807) is 0 Å². The minimum Gasteiger partial charge on any atom is -0.449 e. The van der Waals surface area contributed by atoms with Gasteiger partial charge in [-0.25, -0.2) is 23.3 Å². The first-order chi connectivity index (χ1) is 25.4. The molecule has 2 aromatic carbocycles. The molecule has 1 aromatic heterocycles. The van der Waals surface area contributed by atoms with E-state index >= 15 is 0 Å². The number of nitrogens with one attached hydrogen (secondary N) is 3. The average Bonchev–Trinajstić information content (AvgIpc) is 3.62. The summed E-state index contributed by atoms with van der Waals surface area (Å²) in [4.78, 5) is 76.3. The summed E-state index contributed by atoms with van der Waals surface area (Å²) in [5.74, 6) is -0.0547. The van der Waals surface area contributed by atoms with Crippen LogP contribution in [-0.4, -0.2) is 72.1 Å². The molecule has 0 bridgehead atoms. The zero-order valence-corrected chi connectivity index (χ0v) is 32.1. The number of rotatable bonds is 17. The molecule has 294 valence electrons. The van der Waals surface area contributed by atoms with Crippen molar-refractivity contribution in [2.75, 3.05) is 19.8 Å². The number of aromatic nitrogens is 2. The normalized spacial score (nSPS) is 20.4. The lowest BCUT2D eigenvalue weighted by Gasteiger charge is -2.22. The first kappa shape index (κ1) is 41.8. The van der Waals surface area contributed by atoms with Crippen LogP contribution in [0.25, 0.3) is 11.1 Å². The van der Waals surface area contributed by atoms with Gasteiger partial charge in [0.1, 0.15) is 18.9 Å². The second kappa shape index (κ2) is 17.6. The largest absolute Gasteiger partial charge is 0.490 e. The molecule has 1 amide bonds. The number of unbranched alkanes of at least 4 members (excludes halogenated alkanes) is 2. The molecule has 5 atom stereocenters. The summed E-state index contributed by atoms with van der Waals surface area (Å²) in [6.07, 6.45) is 0.925. The number of nitrogens with zero attached hydrogens (tertiary/aromatic N) is 1. The molecule has 1 aliphatic carbocycles. The topological polar surface area (TPSA) is 274 Å². The van der Waals surface area contributed by atoms with Crippen molar-refractivity contribution in [1.29, 1.82) is 0 Å². The molecule has 1 saturated heterocycles. The van der Waals surface area contributed by atoms with E-state index in [1.807, 2.05) is 36.4 Å². The Hall–Kier alpha value is -3.35. The van der Waals surface area contributed by atoms with Gasteiger partial charge in [-0.2, -0.15) is 8.62 Å². The Labute approximate surface area is 313 Å². The molecule has 2 aliphatic rings. The lowest BCUT2D eigenvalue weighted by atomic mass is 9.98. The number of aryl methyl sites for hydroxylation is 1. The zero-order valence-electron chi connectivity index (χ0n) is 28.6. The van der Waals surface area contributed by atoms with Gasteiger partial charge in [0.15, 0.2) is 0 Å². The van der Waals surface area contributed by atoms with Crippen molar-refractivity contribution >= 4 is 46.8 Å². The van der Waals surface area contributed by atoms with Gasteiger partial charge in [0.2, 0.25) is 0 Å². The number of carbonyl (C=O) groups is 1. The van der Waals surface area contributed by atoms with Crippen LogP contribution in [0.5, 0.6) is 0 Å². The van der Waals surface area contributed by atoms with E-state index in [-0.39, 0.29) is 24.5 Å². The van der Waals surface area contributed by atoms with E-state index in [0.29, 0.717) is 37.2 Å². The molecule has 2 unspecified atom stereocenters. The number of benzene rings is 2. The number of ether oxygens (including phenoxy) is 2. The van der Waals surface area contributed by atoms with Crippen LogP contribution in [0, 0.1) is 6.92 Å².